The molecule has 1 saturated carbocycles. The Morgan fingerprint density at radius 1 is 1.28 bits per heavy atom. The van der Waals surface area contributed by atoms with Crippen molar-refractivity contribution in [3.8, 4) is 0 Å². The Morgan fingerprint density at radius 2 is 2.00 bits per heavy atom. The lowest BCUT2D eigenvalue weighted by Gasteiger charge is -2.33. The number of hydrogen-bond acceptors (Lipinski definition) is 2. The van der Waals surface area contributed by atoms with Gasteiger partial charge in [-0.3, -0.25) is 0 Å². The Hall–Kier alpha value is -1.09. The summed E-state index contributed by atoms with van der Waals surface area (Å²) in [7, 11) is 0. The van der Waals surface area contributed by atoms with Gasteiger partial charge in [0, 0.05) is 5.69 Å². The van der Waals surface area contributed by atoms with Gasteiger partial charge in [-0.15, -0.1) is 0 Å². The molecule has 2 rings (SSSR count). The van der Waals surface area contributed by atoms with Gasteiger partial charge < -0.3 is 10.4 Å². The van der Waals surface area contributed by atoms with E-state index in [9.17, 15) is 9.50 Å². The summed E-state index contributed by atoms with van der Waals surface area (Å²) in [4.78, 5) is 0. The van der Waals surface area contributed by atoms with E-state index >= 15 is 0 Å². The second-order valence-corrected chi connectivity index (χ2v) is 5.61. The van der Waals surface area contributed by atoms with E-state index in [1.54, 1.807) is 12.1 Å². The van der Waals surface area contributed by atoms with Gasteiger partial charge in [0.15, 0.2) is 0 Å². The van der Waals surface area contributed by atoms with Crippen molar-refractivity contribution in [3.63, 3.8) is 0 Å². The third-order valence-corrected chi connectivity index (χ3v) is 4.02. The summed E-state index contributed by atoms with van der Waals surface area (Å²) in [6.45, 7) is 2.41. The van der Waals surface area contributed by atoms with Gasteiger partial charge in [0.1, 0.15) is 5.82 Å². The van der Waals surface area contributed by atoms with E-state index in [4.69, 9.17) is 0 Å². The monoisotopic (exact) mass is 251 g/mol. The molecule has 0 saturated heterocycles. The van der Waals surface area contributed by atoms with Crippen LogP contribution >= 0.6 is 0 Å². The molecule has 3 heteroatoms. The van der Waals surface area contributed by atoms with Crippen molar-refractivity contribution in [2.45, 2.75) is 44.6 Å². The molecule has 1 aromatic rings. The Morgan fingerprint density at radius 3 is 2.67 bits per heavy atom. The van der Waals surface area contributed by atoms with E-state index in [1.807, 2.05) is 0 Å². The van der Waals surface area contributed by atoms with Gasteiger partial charge in [-0.25, -0.2) is 4.39 Å². The fourth-order valence-electron chi connectivity index (χ4n) is 2.74. The highest BCUT2D eigenvalue weighted by molar-refractivity contribution is 5.45. The molecule has 1 fully saturated rings. The molecule has 0 bridgehead atoms. The van der Waals surface area contributed by atoms with E-state index in [0.29, 0.717) is 0 Å². The van der Waals surface area contributed by atoms with Gasteiger partial charge in [-0.1, -0.05) is 19.8 Å². The maximum absolute atomic E-state index is 12.9. The summed E-state index contributed by atoms with van der Waals surface area (Å²) in [6, 6.07) is 6.38. The van der Waals surface area contributed by atoms with E-state index in [2.05, 4.69) is 12.2 Å². The molecule has 0 radical (unpaired) electrons. The smallest absolute Gasteiger partial charge is 0.123 e. The average molecular weight is 251 g/mol. The van der Waals surface area contributed by atoms with Crippen molar-refractivity contribution in [2.75, 3.05) is 11.9 Å². The van der Waals surface area contributed by atoms with Gasteiger partial charge in [0.05, 0.1) is 12.1 Å². The standard InChI is InChI=1S/C15H22FNO/c1-12-3-2-9-15(11-18,10-8-12)17-14-6-4-13(16)5-7-14/h4-7,12,17-18H,2-3,8-11H2,1H3. The van der Waals surface area contributed by atoms with E-state index < -0.39 is 0 Å². The predicted molar refractivity (Wildman–Crippen MR) is 72.1 cm³/mol. The molecule has 1 aromatic carbocycles. The minimum Gasteiger partial charge on any atom is -0.394 e. The molecule has 1 aliphatic rings. The number of aliphatic hydroxyl groups excluding tert-OH is 1. The molecular formula is C15H22FNO. The molecule has 2 unspecified atom stereocenters. The number of anilines is 1. The molecule has 2 nitrogen and oxygen atoms in total. The Kier molecular flexibility index (Phi) is 4.23. The molecule has 0 heterocycles. The highest BCUT2D eigenvalue weighted by Crippen LogP contribution is 2.32. The van der Waals surface area contributed by atoms with Crippen LogP contribution in [-0.2, 0) is 0 Å². The first-order chi connectivity index (χ1) is 8.63. The van der Waals surface area contributed by atoms with Crippen molar-refractivity contribution in [2.24, 2.45) is 5.92 Å². The highest BCUT2D eigenvalue weighted by atomic mass is 19.1. The topological polar surface area (TPSA) is 32.3 Å². The van der Waals surface area contributed by atoms with Crippen LogP contribution in [0.3, 0.4) is 0 Å². The van der Waals surface area contributed by atoms with Crippen LogP contribution in [0.1, 0.15) is 39.0 Å². The highest BCUT2D eigenvalue weighted by Gasteiger charge is 2.31. The van der Waals surface area contributed by atoms with Crippen LogP contribution in [0.2, 0.25) is 0 Å². The van der Waals surface area contributed by atoms with Crippen LogP contribution in [0, 0.1) is 11.7 Å². The summed E-state index contributed by atoms with van der Waals surface area (Å²) in [5.41, 5.74) is 0.655. The number of rotatable bonds is 3. The summed E-state index contributed by atoms with van der Waals surface area (Å²) < 4.78 is 12.9. The van der Waals surface area contributed by atoms with E-state index in [1.165, 1.54) is 18.6 Å². The lowest BCUT2D eigenvalue weighted by molar-refractivity contribution is 0.194. The van der Waals surface area contributed by atoms with Gasteiger partial charge in [-0.2, -0.15) is 0 Å². The lowest BCUT2D eigenvalue weighted by atomic mass is 9.90. The zero-order valence-electron chi connectivity index (χ0n) is 11.0. The van der Waals surface area contributed by atoms with Gasteiger partial charge in [0.25, 0.3) is 0 Å². The van der Waals surface area contributed by atoms with Gasteiger partial charge in [0.2, 0.25) is 0 Å². The second kappa shape index (κ2) is 5.70. The summed E-state index contributed by atoms with van der Waals surface area (Å²) >= 11 is 0. The van der Waals surface area contributed by atoms with Crippen molar-refractivity contribution in [1.29, 1.82) is 0 Å². The zero-order valence-corrected chi connectivity index (χ0v) is 11.0. The molecule has 0 aromatic heterocycles. The average Bonchev–Trinajstić information content (AvgIpc) is 2.56. The largest absolute Gasteiger partial charge is 0.394 e. The van der Waals surface area contributed by atoms with Crippen LogP contribution in [0.25, 0.3) is 0 Å². The molecule has 0 spiro atoms. The number of halogens is 1. The first-order valence-corrected chi connectivity index (χ1v) is 6.78. The van der Waals surface area contributed by atoms with Crippen LogP contribution in [0.4, 0.5) is 10.1 Å². The number of hydrogen-bond donors (Lipinski definition) is 2. The summed E-state index contributed by atoms with van der Waals surface area (Å²) in [5, 5.41) is 13.1. The molecule has 100 valence electrons. The van der Waals surface area contributed by atoms with Crippen LogP contribution in [0.15, 0.2) is 24.3 Å². The van der Waals surface area contributed by atoms with Gasteiger partial charge >= 0.3 is 0 Å². The van der Waals surface area contributed by atoms with E-state index in [0.717, 1.165) is 37.3 Å². The molecule has 18 heavy (non-hydrogen) atoms. The molecular weight excluding hydrogens is 229 g/mol. The zero-order chi connectivity index (χ0) is 13.0. The fraction of sp³-hybridized carbons (Fsp3) is 0.600. The third kappa shape index (κ3) is 3.22. The van der Waals surface area contributed by atoms with Crippen LogP contribution in [-0.4, -0.2) is 17.3 Å². The maximum atomic E-state index is 12.9. The minimum absolute atomic E-state index is 0.136. The SMILES string of the molecule is CC1CCCC(CO)(Nc2ccc(F)cc2)CC1. The molecule has 2 atom stereocenters. The van der Waals surface area contributed by atoms with Crippen LogP contribution < -0.4 is 5.32 Å². The van der Waals surface area contributed by atoms with Crippen molar-refractivity contribution >= 4 is 5.69 Å². The summed E-state index contributed by atoms with van der Waals surface area (Å²) in [5.74, 6) is 0.501. The fourth-order valence-corrected chi connectivity index (χ4v) is 2.74. The number of nitrogens with one attached hydrogen (secondary N) is 1. The van der Waals surface area contributed by atoms with Gasteiger partial charge in [-0.05, 0) is 49.4 Å². The number of benzene rings is 1. The predicted octanol–water partition coefficient (Wildman–Crippen LogP) is 3.57. The van der Waals surface area contributed by atoms with Crippen LogP contribution in [0.5, 0.6) is 0 Å². The van der Waals surface area contributed by atoms with E-state index in [-0.39, 0.29) is 18.0 Å². The van der Waals surface area contributed by atoms with Crippen molar-refractivity contribution in [3.05, 3.63) is 30.1 Å². The second-order valence-electron chi connectivity index (χ2n) is 5.61. The summed E-state index contributed by atoms with van der Waals surface area (Å²) in [6.07, 6.45) is 5.45. The molecule has 2 N–H and O–H groups in total. The maximum Gasteiger partial charge on any atom is 0.123 e. The normalized spacial score (nSPS) is 28.7. The Labute approximate surface area is 108 Å². The molecule has 1 aliphatic carbocycles. The minimum atomic E-state index is -0.234. The lowest BCUT2D eigenvalue weighted by Crippen LogP contribution is -2.41. The van der Waals surface area contributed by atoms with Crippen molar-refractivity contribution < 1.29 is 9.50 Å². The Balaban J connectivity index is 2.09. The third-order valence-electron chi connectivity index (χ3n) is 4.02. The molecule has 0 amide bonds. The first kappa shape index (κ1) is 13.3. The Bertz CT molecular complexity index is 379. The quantitative estimate of drug-likeness (QED) is 0.805. The van der Waals surface area contributed by atoms with Crippen molar-refractivity contribution in [1.82, 2.24) is 0 Å². The first-order valence-electron chi connectivity index (χ1n) is 6.78. The number of aliphatic hydroxyl groups is 1. The molecule has 0 aliphatic heterocycles.